The van der Waals surface area contributed by atoms with Crippen LogP contribution >= 0.6 is 0 Å². The Labute approximate surface area is 90.6 Å². The molecule has 4 nitrogen and oxygen atoms in total. The van der Waals surface area contributed by atoms with Crippen molar-refractivity contribution in [1.29, 1.82) is 0 Å². The van der Waals surface area contributed by atoms with E-state index in [1.807, 2.05) is 27.7 Å². The standard InChI is InChI=1S/C11H19NO3/c1-6(2)8-11(14)15-9(7(3)4)10(13)12(8)5/h6-9H,1-5H3/t8-,9+/m1/s1. The quantitative estimate of drug-likeness (QED) is 0.644. The van der Waals surface area contributed by atoms with E-state index in [1.165, 1.54) is 4.90 Å². The van der Waals surface area contributed by atoms with Gasteiger partial charge in [-0.1, -0.05) is 27.7 Å². The van der Waals surface area contributed by atoms with Crippen molar-refractivity contribution in [3.8, 4) is 0 Å². The highest BCUT2D eigenvalue weighted by Gasteiger charge is 2.42. The molecule has 4 heteroatoms. The van der Waals surface area contributed by atoms with Crippen molar-refractivity contribution in [1.82, 2.24) is 4.90 Å². The number of morpholine rings is 1. The van der Waals surface area contributed by atoms with Gasteiger partial charge in [0.15, 0.2) is 6.10 Å². The molecule has 1 aliphatic rings. The number of hydrogen-bond donors (Lipinski definition) is 0. The van der Waals surface area contributed by atoms with Crippen molar-refractivity contribution in [2.45, 2.75) is 39.8 Å². The van der Waals surface area contributed by atoms with Gasteiger partial charge in [0.05, 0.1) is 0 Å². The number of carbonyl (C=O) groups excluding carboxylic acids is 2. The Morgan fingerprint density at radius 2 is 1.67 bits per heavy atom. The van der Waals surface area contributed by atoms with Crippen molar-refractivity contribution in [2.24, 2.45) is 11.8 Å². The summed E-state index contributed by atoms with van der Waals surface area (Å²) >= 11 is 0. The minimum Gasteiger partial charge on any atom is -0.450 e. The fraction of sp³-hybridized carbons (Fsp3) is 0.818. The summed E-state index contributed by atoms with van der Waals surface area (Å²) in [6.45, 7) is 7.57. The lowest BCUT2D eigenvalue weighted by Gasteiger charge is -2.38. The zero-order valence-electron chi connectivity index (χ0n) is 9.98. The molecule has 0 spiro atoms. The van der Waals surface area contributed by atoms with Crippen LogP contribution in [0.2, 0.25) is 0 Å². The monoisotopic (exact) mass is 213 g/mol. The number of amides is 1. The molecule has 0 aliphatic carbocycles. The van der Waals surface area contributed by atoms with E-state index in [0.717, 1.165) is 0 Å². The molecule has 86 valence electrons. The first-order valence-electron chi connectivity index (χ1n) is 5.33. The van der Waals surface area contributed by atoms with Crippen LogP contribution in [-0.4, -0.2) is 36.0 Å². The van der Waals surface area contributed by atoms with Gasteiger partial charge < -0.3 is 9.64 Å². The van der Waals surface area contributed by atoms with Crippen molar-refractivity contribution in [3.63, 3.8) is 0 Å². The highest BCUT2D eigenvalue weighted by Crippen LogP contribution is 2.22. The SMILES string of the molecule is CC(C)[C@@H]1OC(=O)[C@@H](C(C)C)N(C)C1=O. The molecule has 1 heterocycles. The van der Waals surface area contributed by atoms with E-state index in [-0.39, 0.29) is 23.7 Å². The first-order chi connectivity index (χ1) is 6.86. The van der Waals surface area contributed by atoms with Crippen LogP contribution in [0.4, 0.5) is 0 Å². The predicted octanol–water partition coefficient (Wildman–Crippen LogP) is 1.05. The Balaban J connectivity index is 2.89. The second-order valence-electron chi connectivity index (χ2n) is 4.74. The Hall–Kier alpha value is -1.06. The Kier molecular flexibility index (Phi) is 3.37. The molecule has 0 bridgehead atoms. The van der Waals surface area contributed by atoms with Crippen LogP contribution < -0.4 is 0 Å². The molecule has 0 N–H and O–H groups in total. The number of hydrogen-bond acceptors (Lipinski definition) is 3. The predicted molar refractivity (Wildman–Crippen MR) is 56.1 cm³/mol. The van der Waals surface area contributed by atoms with E-state index in [1.54, 1.807) is 7.05 Å². The third-order valence-corrected chi connectivity index (χ3v) is 2.73. The van der Waals surface area contributed by atoms with Gasteiger partial charge in [-0.25, -0.2) is 4.79 Å². The summed E-state index contributed by atoms with van der Waals surface area (Å²) in [6, 6.07) is -0.438. The number of likely N-dealkylation sites (N-methyl/N-ethyl adjacent to an activating group) is 1. The number of esters is 1. The summed E-state index contributed by atoms with van der Waals surface area (Å²) < 4.78 is 5.17. The first-order valence-corrected chi connectivity index (χ1v) is 5.33. The molecule has 1 aliphatic heterocycles. The lowest BCUT2D eigenvalue weighted by atomic mass is 9.97. The first kappa shape index (κ1) is 12.0. The maximum atomic E-state index is 11.9. The number of nitrogens with zero attached hydrogens (tertiary/aromatic N) is 1. The fourth-order valence-electron chi connectivity index (χ4n) is 1.88. The zero-order chi connectivity index (χ0) is 11.7. The van der Waals surface area contributed by atoms with Crippen LogP contribution in [0, 0.1) is 11.8 Å². The van der Waals surface area contributed by atoms with Crippen LogP contribution in [0.5, 0.6) is 0 Å². The number of ether oxygens (including phenoxy) is 1. The molecule has 0 aromatic carbocycles. The van der Waals surface area contributed by atoms with E-state index >= 15 is 0 Å². The van der Waals surface area contributed by atoms with Gasteiger partial charge in [-0.2, -0.15) is 0 Å². The summed E-state index contributed by atoms with van der Waals surface area (Å²) in [6.07, 6.45) is -0.613. The molecule has 0 radical (unpaired) electrons. The van der Waals surface area contributed by atoms with Crippen molar-refractivity contribution in [2.75, 3.05) is 7.05 Å². The average Bonchev–Trinajstić information content (AvgIpc) is 2.10. The number of carbonyl (C=O) groups is 2. The Morgan fingerprint density at radius 1 is 1.13 bits per heavy atom. The summed E-state index contributed by atoms with van der Waals surface area (Å²) in [5.41, 5.74) is 0. The molecule has 15 heavy (non-hydrogen) atoms. The maximum absolute atomic E-state index is 11.9. The van der Waals surface area contributed by atoms with Gasteiger partial charge in [0.25, 0.3) is 5.91 Å². The van der Waals surface area contributed by atoms with Gasteiger partial charge in [-0.3, -0.25) is 4.79 Å². The molecule has 1 amide bonds. The molecular weight excluding hydrogens is 194 g/mol. The normalized spacial score (nSPS) is 27.5. The second-order valence-corrected chi connectivity index (χ2v) is 4.74. The molecular formula is C11H19NO3. The van der Waals surface area contributed by atoms with E-state index in [9.17, 15) is 9.59 Å². The second kappa shape index (κ2) is 4.21. The third-order valence-electron chi connectivity index (χ3n) is 2.73. The summed E-state index contributed by atoms with van der Waals surface area (Å²) in [4.78, 5) is 25.1. The van der Waals surface area contributed by atoms with Gasteiger partial charge in [0.1, 0.15) is 6.04 Å². The Bertz CT molecular complexity index is 273. The van der Waals surface area contributed by atoms with E-state index < -0.39 is 12.1 Å². The average molecular weight is 213 g/mol. The summed E-state index contributed by atoms with van der Waals surface area (Å²) in [7, 11) is 1.67. The Morgan fingerprint density at radius 3 is 2.07 bits per heavy atom. The minimum absolute atomic E-state index is 0.0250. The van der Waals surface area contributed by atoms with Crippen LogP contribution in [0.1, 0.15) is 27.7 Å². The smallest absolute Gasteiger partial charge is 0.329 e. The molecule has 0 aromatic rings. The molecule has 0 aromatic heterocycles. The van der Waals surface area contributed by atoms with Gasteiger partial charge in [-0.05, 0) is 11.8 Å². The van der Waals surface area contributed by atoms with Gasteiger partial charge in [-0.15, -0.1) is 0 Å². The molecule has 0 saturated carbocycles. The largest absolute Gasteiger partial charge is 0.450 e. The highest BCUT2D eigenvalue weighted by molar-refractivity contribution is 5.92. The molecule has 0 unspecified atom stereocenters. The van der Waals surface area contributed by atoms with Crippen molar-refractivity contribution >= 4 is 11.9 Å². The lowest BCUT2D eigenvalue weighted by Crippen LogP contribution is -2.57. The van der Waals surface area contributed by atoms with Gasteiger partial charge >= 0.3 is 5.97 Å². The third kappa shape index (κ3) is 2.13. The number of rotatable bonds is 2. The van der Waals surface area contributed by atoms with Crippen molar-refractivity contribution < 1.29 is 14.3 Å². The van der Waals surface area contributed by atoms with Crippen LogP contribution in [0.25, 0.3) is 0 Å². The summed E-state index contributed by atoms with van der Waals surface area (Å²) in [5.74, 6) is -0.273. The number of cyclic esters (lactones) is 1. The van der Waals surface area contributed by atoms with E-state index in [2.05, 4.69) is 0 Å². The van der Waals surface area contributed by atoms with Crippen LogP contribution in [0.3, 0.4) is 0 Å². The molecule has 1 saturated heterocycles. The van der Waals surface area contributed by atoms with Crippen molar-refractivity contribution in [3.05, 3.63) is 0 Å². The molecule has 2 atom stereocenters. The molecule has 1 rings (SSSR count). The minimum atomic E-state index is -0.613. The van der Waals surface area contributed by atoms with Crippen LogP contribution in [0.15, 0.2) is 0 Å². The lowest BCUT2D eigenvalue weighted by molar-refractivity contribution is -0.181. The van der Waals surface area contributed by atoms with E-state index in [0.29, 0.717) is 0 Å². The van der Waals surface area contributed by atoms with Gasteiger partial charge in [0, 0.05) is 7.05 Å². The van der Waals surface area contributed by atoms with Crippen LogP contribution in [-0.2, 0) is 14.3 Å². The molecule has 1 fully saturated rings. The van der Waals surface area contributed by atoms with Gasteiger partial charge in [0.2, 0.25) is 0 Å². The highest BCUT2D eigenvalue weighted by atomic mass is 16.6. The topological polar surface area (TPSA) is 46.6 Å². The zero-order valence-corrected chi connectivity index (χ0v) is 9.98. The fourth-order valence-corrected chi connectivity index (χ4v) is 1.88. The van der Waals surface area contributed by atoms with E-state index in [4.69, 9.17) is 4.74 Å². The summed E-state index contributed by atoms with van der Waals surface area (Å²) in [5, 5.41) is 0. The maximum Gasteiger partial charge on any atom is 0.329 e.